The van der Waals surface area contributed by atoms with Gasteiger partial charge < -0.3 is 14.4 Å². The average molecular weight is 361 g/mol. The number of ether oxygens (including phenoxy) is 2. The van der Waals surface area contributed by atoms with Crippen molar-refractivity contribution in [2.24, 2.45) is 0 Å². The van der Waals surface area contributed by atoms with Crippen LogP contribution in [0.25, 0.3) is 0 Å². The van der Waals surface area contributed by atoms with Gasteiger partial charge in [0.1, 0.15) is 16.8 Å². The van der Waals surface area contributed by atoms with E-state index in [-0.39, 0.29) is 22.9 Å². The third-order valence-electron chi connectivity index (χ3n) is 3.75. The van der Waals surface area contributed by atoms with Gasteiger partial charge in [-0.1, -0.05) is 19.1 Å². The van der Waals surface area contributed by atoms with Gasteiger partial charge in [-0.3, -0.25) is 0 Å². The summed E-state index contributed by atoms with van der Waals surface area (Å²) in [6, 6.07) is 3.19. The summed E-state index contributed by atoms with van der Waals surface area (Å²) < 4.78 is 49.6. The van der Waals surface area contributed by atoms with Crippen molar-refractivity contribution in [3.63, 3.8) is 0 Å². The molecule has 1 atom stereocenters. The average Bonchev–Trinajstić information content (AvgIpc) is 2.50. The first-order valence-corrected chi connectivity index (χ1v) is 7.93. The maximum atomic E-state index is 13.3. The second-order valence-corrected chi connectivity index (χ2v) is 5.77. The molecular weight excluding hydrogens is 343 g/mol. The zero-order valence-electron chi connectivity index (χ0n) is 13.4. The highest BCUT2D eigenvalue weighted by Crippen LogP contribution is 2.37. The standard InChI is InChI=1S/C16H18F3NO3S/c1-3-8-23-13-5-4-10(9-11(13)16(17,18)19)14(24)20-7-6-12(20)15(21)22-2/h4-5,9,12H,3,6-8H2,1-2H3/t12-/m1/s1. The molecule has 1 heterocycles. The van der Waals surface area contributed by atoms with E-state index in [9.17, 15) is 18.0 Å². The summed E-state index contributed by atoms with van der Waals surface area (Å²) in [6.07, 6.45) is -3.38. The zero-order chi connectivity index (χ0) is 17.9. The fraction of sp³-hybridized carbons (Fsp3) is 0.500. The Bertz CT molecular complexity index is 633. The van der Waals surface area contributed by atoms with Crippen LogP contribution in [0, 0.1) is 0 Å². The molecule has 8 heteroatoms. The number of thiocarbonyl (C=S) groups is 1. The molecule has 0 N–H and O–H groups in total. The van der Waals surface area contributed by atoms with E-state index < -0.39 is 23.8 Å². The molecule has 1 aromatic carbocycles. The minimum atomic E-state index is -4.55. The quantitative estimate of drug-likeness (QED) is 0.594. The Hall–Kier alpha value is -1.83. The van der Waals surface area contributed by atoms with Gasteiger partial charge in [-0.05, 0) is 31.0 Å². The van der Waals surface area contributed by atoms with Crippen LogP contribution in [0.4, 0.5) is 13.2 Å². The van der Waals surface area contributed by atoms with Gasteiger partial charge in [0.2, 0.25) is 0 Å². The molecule has 0 aliphatic carbocycles. The van der Waals surface area contributed by atoms with Crippen molar-refractivity contribution >= 4 is 23.2 Å². The lowest BCUT2D eigenvalue weighted by atomic mass is 10.0. The first-order valence-electron chi connectivity index (χ1n) is 7.52. The minimum Gasteiger partial charge on any atom is -0.493 e. The molecule has 0 amide bonds. The van der Waals surface area contributed by atoms with Crippen LogP contribution in [-0.4, -0.2) is 42.2 Å². The molecule has 4 nitrogen and oxygen atoms in total. The van der Waals surface area contributed by atoms with Crippen LogP contribution in [0.1, 0.15) is 30.9 Å². The molecule has 1 saturated heterocycles. The number of methoxy groups -OCH3 is 1. The Morgan fingerprint density at radius 3 is 2.62 bits per heavy atom. The number of benzene rings is 1. The van der Waals surface area contributed by atoms with Gasteiger partial charge in [0.15, 0.2) is 0 Å². The second kappa shape index (κ2) is 7.38. The molecule has 0 saturated carbocycles. The number of hydrogen-bond donors (Lipinski definition) is 0. The van der Waals surface area contributed by atoms with Crippen LogP contribution in [0.3, 0.4) is 0 Å². The number of nitrogens with zero attached hydrogens (tertiary/aromatic N) is 1. The molecule has 1 aromatic rings. The smallest absolute Gasteiger partial charge is 0.419 e. The lowest BCUT2D eigenvalue weighted by Crippen LogP contribution is -2.55. The highest BCUT2D eigenvalue weighted by molar-refractivity contribution is 7.80. The number of hydrogen-bond acceptors (Lipinski definition) is 4. The minimum absolute atomic E-state index is 0.198. The molecule has 132 valence electrons. The summed E-state index contributed by atoms with van der Waals surface area (Å²) in [5, 5.41) is 0. The van der Waals surface area contributed by atoms with Gasteiger partial charge in [0, 0.05) is 12.1 Å². The largest absolute Gasteiger partial charge is 0.493 e. The van der Waals surface area contributed by atoms with Gasteiger partial charge in [-0.15, -0.1) is 0 Å². The first-order chi connectivity index (χ1) is 11.3. The predicted octanol–water partition coefficient (Wildman–Crippen LogP) is 3.42. The molecule has 24 heavy (non-hydrogen) atoms. The van der Waals surface area contributed by atoms with Crippen molar-refractivity contribution in [2.45, 2.75) is 32.0 Å². The monoisotopic (exact) mass is 361 g/mol. The highest BCUT2D eigenvalue weighted by Gasteiger charge is 2.39. The van der Waals surface area contributed by atoms with Crippen molar-refractivity contribution in [3.8, 4) is 5.75 Å². The van der Waals surface area contributed by atoms with Gasteiger partial charge in [-0.25, -0.2) is 4.79 Å². The third-order valence-corrected chi connectivity index (χ3v) is 4.22. The Labute approximate surface area is 143 Å². The van der Waals surface area contributed by atoms with Crippen LogP contribution in [0.2, 0.25) is 0 Å². The number of alkyl halides is 3. The molecule has 0 unspecified atom stereocenters. The normalized spacial score (nSPS) is 17.2. The topological polar surface area (TPSA) is 38.8 Å². The van der Waals surface area contributed by atoms with Gasteiger partial charge in [0.25, 0.3) is 0 Å². The Kier molecular flexibility index (Phi) is 5.69. The Morgan fingerprint density at radius 1 is 1.42 bits per heavy atom. The van der Waals surface area contributed by atoms with E-state index in [4.69, 9.17) is 17.0 Å². The van der Waals surface area contributed by atoms with E-state index in [0.29, 0.717) is 19.4 Å². The van der Waals surface area contributed by atoms with E-state index in [1.807, 2.05) is 6.92 Å². The molecule has 0 radical (unpaired) electrons. The highest BCUT2D eigenvalue weighted by atomic mass is 32.1. The van der Waals surface area contributed by atoms with E-state index in [1.165, 1.54) is 19.2 Å². The fourth-order valence-electron chi connectivity index (χ4n) is 2.40. The van der Waals surface area contributed by atoms with Crippen LogP contribution < -0.4 is 4.74 Å². The molecular formula is C16H18F3NO3S. The molecule has 0 spiro atoms. The number of likely N-dealkylation sites (tertiary alicyclic amines) is 1. The van der Waals surface area contributed by atoms with Crippen molar-refractivity contribution < 1.29 is 27.4 Å². The van der Waals surface area contributed by atoms with Crippen molar-refractivity contribution in [3.05, 3.63) is 29.3 Å². The number of carbonyl (C=O) groups is 1. The number of halogens is 3. The summed E-state index contributed by atoms with van der Waals surface area (Å²) in [7, 11) is 1.27. The zero-order valence-corrected chi connectivity index (χ0v) is 14.2. The van der Waals surface area contributed by atoms with Gasteiger partial charge in [-0.2, -0.15) is 13.2 Å². The van der Waals surface area contributed by atoms with Crippen LogP contribution in [0.5, 0.6) is 5.75 Å². The van der Waals surface area contributed by atoms with Crippen LogP contribution in [0.15, 0.2) is 18.2 Å². The van der Waals surface area contributed by atoms with Gasteiger partial charge in [0.05, 0.1) is 19.3 Å². The molecule has 0 aromatic heterocycles. The van der Waals surface area contributed by atoms with E-state index in [1.54, 1.807) is 4.90 Å². The maximum Gasteiger partial charge on any atom is 0.419 e. The third kappa shape index (κ3) is 3.80. The summed E-state index contributed by atoms with van der Waals surface area (Å²) in [5.41, 5.74) is -0.638. The second-order valence-electron chi connectivity index (χ2n) is 5.38. The lowest BCUT2D eigenvalue weighted by molar-refractivity contribution is -0.148. The summed E-state index contributed by atoms with van der Waals surface area (Å²) in [6.45, 7) is 2.52. The molecule has 2 rings (SSSR count). The first kappa shape index (κ1) is 18.5. The van der Waals surface area contributed by atoms with E-state index in [0.717, 1.165) is 6.07 Å². The Morgan fingerprint density at radius 2 is 2.12 bits per heavy atom. The predicted molar refractivity (Wildman–Crippen MR) is 86.1 cm³/mol. The molecule has 0 bridgehead atoms. The van der Waals surface area contributed by atoms with Crippen molar-refractivity contribution in [1.29, 1.82) is 0 Å². The maximum absolute atomic E-state index is 13.3. The van der Waals surface area contributed by atoms with Crippen LogP contribution in [-0.2, 0) is 15.7 Å². The fourth-order valence-corrected chi connectivity index (χ4v) is 2.75. The molecule has 1 aliphatic rings. The van der Waals surface area contributed by atoms with E-state index >= 15 is 0 Å². The number of rotatable bonds is 5. The number of esters is 1. The molecule has 1 aliphatic heterocycles. The van der Waals surface area contributed by atoms with Crippen molar-refractivity contribution in [2.75, 3.05) is 20.3 Å². The van der Waals surface area contributed by atoms with Crippen molar-refractivity contribution in [1.82, 2.24) is 4.90 Å². The summed E-state index contributed by atoms with van der Waals surface area (Å²) in [4.78, 5) is 13.4. The Balaban J connectivity index is 2.27. The van der Waals surface area contributed by atoms with Crippen LogP contribution >= 0.6 is 12.2 Å². The lowest BCUT2D eigenvalue weighted by Gasteiger charge is -2.40. The van der Waals surface area contributed by atoms with E-state index in [2.05, 4.69) is 4.74 Å². The summed E-state index contributed by atoms with van der Waals surface area (Å²) >= 11 is 5.26. The van der Waals surface area contributed by atoms with Gasteiger partial charge >= 0.3 is 12.1 Å². The molecule has 1 fully saturated rings. The SMILES string of the molecule is CCCOc1ccc(C(=S)N2CC[C@@H]2C(=O)OC)cc1C(F)(F)F. The summed E-state index contributed by atoms with van der Waals surface area (Å²) in [5.74, 6) is -0.661. The number of carbonyl (C=O) groups excluding carboxylic acids is 1.